The summed E-state index contributed by atoms with van der Waals surface area (Å²) in [6.07, 6.45) is 8.69. The molecule has 0 saturated heterocycles. The summed E-state index contributed by atoms with van der Waals surface area (Å²) in [5, 5.41) is 0. The van der Waals surface area contributed by atoms with Crippen molar-refractivity contribution in [2.45, 2.75) is 64.0 Å². The Morgan fingerprint density at radius 3 is 2.62 bits per heavy atom. The summed E-state index contributed by atoms with van der Waals surface area (Å²) in [6.45, 7) is 8.93. The summed E-state index contributed by atoms with van der Waals surface area (Å²) >= 11 is 0. The number of nitrogens with two attached hydrogens (primary N) is 1. The van der Waals surface area contributed by atoms with Crippen molar-refractivity contribution in [1.82, 2.24) is 0 Å². The van der Waals surface area contributed by atoms with E-state index in [-0.39, 0.29) is 11.6 Å². The first-order valence-corrected chi connectivity index (χ1v) is 6.65. The smallest absolute Gasteiger partial charge is 0.0832 e. The van der Waals surface area contributed by atoms with E-state index in [1.165, 1.54) is 12.8 Å². The Kier molecular flexibility index (Phi) is 5.50. The summed E-state index contributed by atoms with van der Waals surface area (Å²) in [4.78, 5) is 0. The van der Waals surface area contributed by atoms with E-state index in [1.807, 2.05) is 6.08 Å². The third-order valence-corrected chi connectivity index (χ3v) is 3.91. The Balaban J connectivity index is 2.60. The van der Waals surface area contributed by atoms with E-state index in [4.69, 9.17) is 10.5 Å². The lowest BCUT2D eigenvalue weighted by atomic mass is 9.74. The van der Waals surface area contributed by atoms with E-state index in [2.05, 4.69) is 20.4 Å². The minimum atomic E-state index is -0.0513. The van der Waals surface area contributed by atoms with Crippen molar-refractivity contribution in [3.63, 3.8) is 0 Å². The zero-order valence-electron chi connectivity index (χ0n) is 10.9. The minimum absolute atomic E-state index is 0.0513. The molecule has 2 nitrogen and oxygen atoms in total. The molecule has 1 unspecified atom stereocenters. The molecule has 2 N–H and O–H groups in total. The molecule has 1 rings (SSSR count). The van der Waals surface area contributed by atoms with Gasteiger partial charge in [0, 0.05) is 12.6 Å². The SMILES string of the molecule is C=CCCC(N)C1(OCC)CCC(C)CC1. The second kappa shape index (κ2) is 6.41. The van der Waals surface area contributed by atoms with Crippen LogP contribution in [-0.4, -0.2) is 18.2 Å². The van der Waals surface area contributed by atoms with Crippen LogP contribution in [0.15, 0.2) is 12.7 Å². The van der Waals surface area contributed by atoms with Crippen molar-refractivity contribution in [3.8, 4) is 0 Å². The van der Waals surface area contributed by atoms with Crippen LogP contribution >= 0.6 is 0 Å². The Hall–Kier alpha value is -0.340. The lowest BCUT2D eigenvalue weighted by Gasteiger charge is -2.43. The fraction of sp³-hybridized carbons (Fsp3) is 0.857. The molecule has 1 aliphatic rings. The molecule has 0 aromatic heterocycles. The normalized spacial score (nSPS) is 32.3. The molecule has 1 saturated carbocycles. The summed E-state index contributed by atoms with van der Waals surface area (Å²) < 4.78 is 6.02. The molecule has 1 atom stereocenters. The van der Waals surface area contributed by atoms with Gasteiger partial charge in [0.2, 0.25) is 0 Å². The number of hydrogen-bond donors (Lipinski definition) is 1. The van der Waals surface area contributed by atoms with Gasteiger partial charge >= 0.3 is 0 Å². The molecular weight excluding hydrogens is 198 g/mol. The van der Waals surface area contributed by atoms with Crippen molar-refractivity contribution in [2.75, 3.05) is 6.61 Å². The van der Waals surface area contributed by atoms with Gasteiger partial charge in [-0.25, -0.2) is 0 Å². The third kappa shape index (κ3) is 3.33. The predicted molar refractivity (Wildman–Crippen MR) is 69.4 cm³/mol. The molecule has 94 valence electrons. The van der Waals surface area contributed by atoms with Gasteiger partial charge < -0.3 is 10.5 Å². The first-order valence-electron chi connectivity index (χ1n) is 6.65. The molecule has 0 amide bonds. The van der Waals surface area contributed by atoms with Gasteiger partial charge in [-0.1, -0.05) is 13.0 Å². The van der Waals surface area contributed by atoms with Crippen LogP contribution in [0.2, 0.25) is 0 Å². The molecular formula is C14H27NO. The highest BCUT2D eigenvalue weighted by Gasteiger charge is 2.39. The maximum atomic E-state index is 6.33. The van der Waals surface area contributed by atoms with Crippen LogP contribution in [0.4, 0.5) is 0 Å². The van der Waals surface area contributed by atoms with Crippen LogP contribution in [-0.2, 0) is 4.74 Å². The molecule has 16 heavy (non-hydrogen) atoms. The molecule has 0 aliphatic heterocycles. The molecule has 1 aliphatic carbocycles. The van der Waals surface area contributed by atoms with E-state index in [1.54, 1.807) is 0 Å². The van der Waals surface area contributed by atoms with E-state index in [0.29, 0.717) is 0 Å². The van der Waals surface area contributed by atoms with E-state index in [9.17, 15) is 0 Å². The Labute approximate surface area is 100 Å². The van der Waals surface area contributed by atoms with Gasteiger partial charge in [-0.05, 0) is 51.4 Å². The fourth-order valence-corrected chi connectivity index (χ4v) is 2.72. The number of allylic oxidation sites excluding steroid dienone is 1. The van der Waals surface area contributed by atoms with Crippen LogP contribution < -0.4 is 5.73 Å². The topological polar surface area (TPSA) is 35.2 Å². The van der Waals surface area contributed by atoms with Gasteiger partial charge in [0.25, 0.3) is 0 Å². The molecule has 0 radical (unpaired) electrons. The first-order chi connectivity index (χ1) is 7.64. The highest BCUT2D eigenvalue weighted by molar-refractivity contribution is 4.95. The van der Waals surface area contributed by atoms with Gasteiger partial charge in [0.1, 0.15) is 0 Å². The Bertz CT molecular complexity index is 207. The second-order valence-corrected chi connectivity index (χ2v) is 5.15. The van der Waals surface area contributed by atoms with Crippen molar-refractivity contribution in [3.05, 3.63) is 12.7 Å². The number of hydrogen-bond acceptors (Lipinski definition) is 2. The van der Waals surface area contributed by atoms with Crippen LogP contribution in [0.3, 0.4) is 0 Å². The highest BCUT2D eigenvalue weighted by atomic mass is 16.5. The van der Waals surface area contributed by atoms with Crippen molar-refractivity contribution in [1.29, 1.82) is 0 Å². The maximum absolute atomic E-state index is 6.33. The molecule has 1 fully saturated rings. The quantitative estimate of drug-likeness (QED) is 0.704. The number of ether oxygens (including phenoxy) is 1. The average molecular weight is 225 g/mol. The average Bonchev–Trinajstić information content (AvgIpc) is 2.29. The van der Waals surface area contributed by atoms with Gasteiger partial charge in [-0.3, -0.25) is 0 Å². The maximum Gasteiger partial charge on any atom is 0.0832 e. The van der Waals surface area contributed by atoms with Crippen LogP contribution in [0.25, 0.3) is 0 Å². The van der Waals surface area contributed by atoms with Crippen LogP contribution in [0, 0.1) is 5.92 Å². The monoisotopic (exact) mass is 225 g/mol. The fourth-order valence-electron chi connectivity index (χ4n) is 2.72. The van der Waals surface area contributed by atoms with Crippen LogP contribution in [0.1, 0.15) is 52.4 Å². The van der Waals surface area contributed by atoms with Gasteiger partial charge in [-0.15, -0.1) is 6.58 Å². The zero-order chi connectivity index (χ0) is 12.0. The minimum Gasteiger partial charge on any atom is -0.374 e. The van der Waals surface area contributed by atoms with Crippen LogP contribution in [0.5, 0.6) is 0 Å². The summed E-state index contributed by atoms with van der Waals surface area (Å²) in [5.74, 6) is 0.834. The van der Waals surface area contributed by atoms with Gasteiger partial charge in [0.05, 0.1) is 5.60 Å². The Morgan fingerprint density at radius 1 is 1.50 bits per heavy atom. The summed E-state index contributed by atoms with van der Waals surface area (Å²) in [5.41, 5.74) is 6.28. The molecule has 2 heteroatoms. The molecule has 0 spiro atoms. The van der Waals surface area contributed by atoms with Crippen molar-refractivity contribution >= 4 is 0 Å². The highest BCUT2D eigenvalue weighted by Crippen LogP contribution is 2.37. The molecule has 0 aromatic rings. The standard InChI is InChI=1S/C14H27NO/c1-4-6-7-13(15)14(16-5-2)10-8-12(3)9-11-14/h4,12-13H,1,5-11,15H2,2-3H3. The van der Waals surface area contributed by atoms with Gasteiger partial charge in [-0.2, -0.15) is 0 Å². The summed E-state index contributed by atoms with van der Waals surface area (Å²) in [7, 11) is 0. The van der Waals surface area contributed by atoms with Crippen molar-refractivity contribution < 1.29 is 4.74 Å². The zero-order valence-corrected chi connectivity index (χ0v) is 10.9. The second-order valence-electron chi connectivity index (χ2n) is 5.15. The molecule has 0 bridgehead atoms. The van der Waals surface area contributed by atoms with E-state index >= 15 is 0 Å². The lowest BCUT2D eigenvalue weighted by molar-refractivity contribution is -0.0897. The van der Waals surface area contributed by atoms with Crippen molar-refractivity contribution in [2.24, 2.45) is 11.7 Å². The Morgan fingerprint density at radius 2 is 2.12 bits per heavy atom. The predicted octanol–water partition coefficient (Wildman–Crippen LogP) is 3.27. The first kappa shape index (κ1) is 13.7. The molecule has 0 heterocycles. The van der Waals surface area contributed by atoms with E-state index in [0.717, 1.165) is 38.2 Å². The van der Waals surface area contributed by atoms with Gasteiger partial charge in [0.15, 0.2) is 0 Å². The third-order valence-electron chi connectivity index (χ3n) is 3.91. The largest absolute Gasteiger partial charge is 0.374 e. The number of rotatable bonds is 6. The lowest BCUT2D eigenvalue weighted by Crippen LogP contribution is -2.52. The summed E-state index contributed by atoms with van der Waals surface area (Å²) in [6, 6.07) is 0.165. The van der Waals surface area contributed by atoms with E-state index < -0.39 is 0 Å². The molecule has 0 aromatic carbocycles.